The van der Waals surface area contributed by atoms with Gasteiger partial charge in [-0.25, -0.2) is 15.2 Å². The Morgan fingerprint density at radius 2 is 1.94 bits per heavy atom. The molecule has 0 saturated carbocycles. The van der Waals surface area contributed by atoms with E-state index >= 15 is 0 Å². The molecule has 0 fully saturated rings. The van der Waals surface area contributed by atoms with Gasteiger partial charge in [-0.15, -0.1) is 0 Å². The molecule has 0 saturated heterocycles. The molecule has 0 amide bonds. The molecule has 2 aromatic rings. The van der Waals surface area contributed by atoms with Gasteiger partial charge in [-0.2, -0.15) is 0 Å². The predicted octanol–water partition coefficient (Wildman–Crippen LogP) is 2.22. The Hall–Kier alpha value is -1.72. The number of aromatic nitrogens is 2. The summed E-state index contributed by atoms with van der Waals surface area (Å²) in [5.74, 6) is 5.22. The smallest absolute Gasteiger partial charge is 0.166 e. The molecule has 0 radical (unpaired) electrons. The average molecular weight is 239 g/mol. The van der Waals surface area contributed by atoms with Crippen LogP contribution in [0.25, 0.3) is 11.3 Å². The van der Waals surface area contributed by atoms with Crippen molar-refractivity contribution in [3.63, 3.8) is 0 Å². The number of hydrogen-bond acceptors (Lipinski definition) is 4. The van der Waals surface area contributed by atoms with Crippen molar-refractivity contribution in [3.8, 4) is 11.3 Å². The van der Waals surface area contributed by atoms with Gasteiger partial charge in [0, 0.05) is 23.0 Å². The number of hydrazine groups is 1. The summed E-state index contributed by atoms with van der Waals surface area (Å²) in [7, 11) is 0. The van der Waals surface area contributed by atoms with E-state index in [1.165, 1.54) is 24.5 Å². The largest absolute Gasteiger partial charge is 0.307 e. The quantitative estimate of drug-likeness (QED) is 0.622. The number of nitrogens with zero attached hydrogens (tertiary/aromatic N) is 2. The highest BCUT2D eigenvalue weighted by molar-refractivity contribution is 6.30. The third-order valence-electron chi connectivity index (χ3n) is 1.97. The number of rotatable bonds is 2. The van der Waals surface area contributed by atoms with Crippen LogP contribution < -0.4 is 11.3 Å². The number of hydrogen-bond donors (Lipinski definition) is 2. The molecule has 0 unspecified atom stereocenters. The summed E-state index contributed by atoms with van der Waals surface area (Å²) >= 11 is 5.76. The van der Waals surface area contributed by atoms with Crippen molar-refractivity contribution in [1.82, 2.24) is 9.97 Å². The molecule has 0 aliphatic rings. The van der Waals surface area contributed by atoms with Crippen molar-refractivity contribution >= 4 is 17.4 Å². The van der Waals surface area contributed by atoms with Gasteiger partial charge in [0.1, 0.15) is 11.5 Å². The van der Waals surface area contributed by atoms with Crippen LogP contribution in [0.4, 0.5) is 10.2 Å². The molecule has 0 aliphatic carbocycles. The summed E-state index contributed by atoms with van der Waals surface area (Å²) in [6, 6.07) is 4.13. The van der Waals surface area contributed by atoms with E-state index < -0.39 is 5.82 Å². The van der Waals surface area contributed by atoms with Crippen molar-refractivity contribution in [3.05, 3.63) is 41.4 Å². The Kier molecular flexibility index (Phi) is 2.98. The molecular formula is C10H8ClFN4. The second kappa shape index (κ2) is 4.42. The van der Waals surface area contributed by atoms with Gasteiger partial charge in [-0.3, -0.25) is 4.98 Å². The van der Waals surface area contributed by atoms with Crippen LogP contribution in [0, 0.1) is 5.82 Å². The van der Waals surface area contributed by atoms with Crippen LogP contribution >= 0.6 is 11.6 Å². The molecule has 0 bridgehead atoms. The molecule has 1 aromatic heterocycles. The average Bonchev–Trinajstić information content (AvgIpc) is 2.27. The van der Waals surface area contributed by atoms with Gasteiger partial charge in [0.25, 0.3) is 0 Å². The number of anilines is 1. The lowest BCUT2D eigenvalue weighted by Gasteiger charge is -2.06. The van der Waals surface area contributed by atoms with E-state index in [1.807, 2.05) is 0 Å². The normalized spacial score (nSPS) is 10.2. The number of benzene rings is 1. The molecule has 4 nitrogen and oxygen atoms in total. The first-order valence-corrected chi connectivity index (χ1v) is 4.82. The topological polar surface area (TPSA) is 63.8 Å². The number of halogens is 2. The Balaban J connectivity index is 2.58. The minimum Gasteiger partial charge on any atom is -0.307 e. The van der Waals surface area contributed by atoms with Crippen LogP contribution in [0.15, 0.2) is 30.6 Å². The van der Waals surface area contributed by atoms with Crippen LogP contribution in [0.1, 0.15) is 0 Å². The molecule has 2 rings (SSSR count). The number of nitrogens with two attached hydrogens (primary N) is 1. The Labute approximate surface area is 96.3 Å². The second-order valence-corrected chi connectivity index (χ2v) is 3.49. The highest BCUT2D eigenvalue weighted by atomic mass is 35.5. The maximum absolute atomic E-state index is 13.2. The van der Waals surface area contributed by atoms with E-state index in [9.17, 15) is 4.39 Å². The first-order chi connectivity index (χ1) is 7.70. The van der Waals surface area contributed by atoms with Crippen LogP contribution in [-0.4, -0.2) is 9.97 Å². The van der Waals surface area contributed by atoms with Crippen molar-refractivity contribution in [2.75, 3.05) is 5.43 Å². The molecule has 82 valence electrons. The molecule has 0 atom stereocenters. The van der Waals surface area contributed by atoms with Crippen molar-refractivity contribution in [1.29, 1.82) is 0 Å². The van der Waals surface area contributed by atoms with Crippen molar-refractivity contribution in [2.45, 2.75) is 0 Å². The van der Waals surface area contributed by atoms with Crippen LogP contribution in [0.3, 0.4) is 0 Å². The molecule has 1 aromatic carbocycles. The van der Waals surface area contributed by atoms with Gasteiger partial charge in [0.2, 0.25) is 0 Å². The standard InChI is InChI=1S/C10H8ClFN4/c11-7-3-6(4-8(12)5-7)9-10(16-13)15-2-1-14-9/h1-5H,13H2,(H,15,16). The van der Waals surface area contributed by atoms with Crippen molar-refractivity contribution in [2.24, 2.45) is 5.84 Å². The Bertz CT molecular complexity index is 498. The van der Waals surface area contributed by atoms with Gasteiger partial charge in [-0.1, -0.05) is 11.6 Å². The first-order valence-electron chi connectivity index (χ1n) is 4.45. The summed E-state index contributed by atoms with van der Waals surface area (Å²) in [5.41, 5.74) is 3.36. The van der Waals surface area contributed by atoms with E-state index in [4.69, 9.17) is 17.4 Å². The zero-order valence-electron chi connectivity index (χ0n) is 8.11. The molecule has 3 N–H and O–H groups in total. The van der Waals surface area contributed by atoms with Gasteiger partial charge in [0.15, 0.2) is 5.82 Å². The number of nitrogen functional groups attached to an aromatic ring is 1. The fourth-order valence-electron chi connectivity index (χ4n) is 1.35. The zero-order chi connectivity index (χ0) is 11.5. The molecule has 6 heteroatoms. The lowest BCUT2D eigenvalue weighted by atomic mass is 10.1. The van der Waals surface area contributed by atoms with Gasteiger partial charge < -0.3 is 5.43 Å². The SMILES string of the molecule is NNc1nccnc1-c1cc(F)cc(Cl)c1. The molecule has 0 spiro atoms. The monoisotopic (exact) mass is 238 g/mol. The van der Waals surface area contributed by atoms with E-state index in [0.29, 0.717) is 22.1 Å². The van der Waals surface area contributed by atoms with Gasteiger partial charge >= 0.3 is 0 Å². The van der Waals surface area contributed by atoms with E-state index in [0.717, 1.165) is 0 Å². The third kappa shape index (κ3) is 2.10. The highest BCUT2D eigenvalue weighted by Crippen LogP contribution is 2.26. The van der Waals surface area contributed by atoms with E-state index in [2.05, 4.69) is 15.4 Å². The fraction of sp³-hybridized carbons (Fsp3) is 0. The summed E-state index contributed by atoms with van der Waals surface area (Å²) < 4.78 is 13.2. The van der Waals surface area contributed by atoms with E-state index in [-0.39, 0.29) is 0 Å². The third-order valence-corrected chi connectivity index (χ3v) is 2.19. The second-order valence-electron chi connectivity index (χ2n) is 3.06. The summed E-state index contributed by atoms with van der Waals surface area (Å²) in [5, 5.41) is 0.295. The minimum atomic E-state index is -0.434. The highest BCUT2D eigenvalue weighted by Gasteiger charge is 2.08. The summed E-state index contributed by atoms with van der Waals surface area (Å²) in [6.07, 6.45) is 2.98. The summed E-state index contributed by atoms with van der Waals surface area (Å²) in [6.45, 7) is 0. The lowest BCUT2D eigenvalue weighted by molar-refractivity contribution is 0.628. The zero-order valence-corrected chi connectivity index (χ0v) is 8.87. The lowest BCUT2D eigenvalue weighted by Crippen LogP contribution is -2.10. The Morgan fingerprint density at radius 3 is 2.62 bits per heavy atom. The molecule has 1 heterocycles. The number of nitrogens with one attached hydrogen (secondary N) is 1. The van der Waals surface area contributed by atoms with Crippen LogP contribution in [-0.2, 0) is 0 Å². The van der Waals surface area contributed by atoms with Crippen molar-refractivity contribution < 1.29 is 4.39 Å². The van der Waals surface area contributed by atoms with Crippen LogP contribution in [0.2, 0.25) is 5.02 Å². The maximum Gasteiger partial charge on any atom is 0.166 e. The molecule has 16 heavy (non-hydrogen) atoms. The predicted molar refractivity (Wildman–Crippen MR) is 60.2 cm³/mol. The van der Waals surface area contributed by atoms with Gasteiger partial charge in [-0.05, 0) is 18.2 Å². The maximum atomic E-state index is 13.2. The minimum absolute atomic E-state index is 0.295. The molecule has 0 aliphatic heterocycles. The Morgan fingerprint density at radius 1 is 1.19 bits per heavy atom. The van der Waals surface area contributed by atoms with Crippen LogP contribution in [0.5, 0.6) is 0 Å². The summed E-state index contributed by atoms with van der Waals surface area (Å²) in [4.78, 5) is 8.04. The van der Waals surface area contributed by atoms with Gasteiger partial charge in [0.05, 0.1) is 0 Å². The first kappa shape index (κ1) is 10.8. The fourth-order valence-corrected chi connectivity index (χ4v) is 1.57. The van der Waals surface area contributed by atoms with E-state index in [1.54, 1.807) is 6.07 Å². The molecular weight excluding hydrogens is 231 g/mol.